The molecule has 0 fully saturated rings. The van der Waals surface area contributed by atoms with Crippen molar-refractivity contribution in [1.82, 2.24) is 4.90 Å². The second-order valence-electron chi connectivity index (χ2n) is 7.95. The summed E-state index contributed by atoms with van der Waals surface area (Å²) in [5.74, 6) is -2.23. The predicted octanol–water partition coefficient (Wildman–Crippen LogP) is -0.110. The Bertz CT molecular complexity index is 1030. The van der Waals surface area contributed by atoms with Gasteiger partial charge in [0.25, 0.3) is 5.91 Å². The molecule has 202 valence electrons. The number of benzene rings is 1. The first-order valence-corrected chi connectivity index (χ1v) is 13.6. The van der Waals surface area contributed by atoms with Crippen molar-refractivity contribution in [2.75, 3.05) is 37.0 Å². The number of amides is 4. The second kappa shape index (κ2) is 13.9. The SMILES string of the molecule is CC(=O)N(C)c1c(I)c(C(=O)N(C)C[C@H](O)[C@@H](O)[C@H](O)[C@H](O)CO)c(I)c(N(C(C)=O)C(C)=O)c1I. The van der Waals surface area contributed by atoms with Crippen molar-refractivity contribution in [2.45, 2.75) is 45.2 Å². The molecule has 0 aliphatic heterocycles. The van der Waals surface area contributed by atoms with Crippen LogP contribution in [0.4, 0.5) is 11.4 Å². The molecule has 5 N–H and O–H groups in total. The Balaban J connectivity index is 3.69. The predicted molar refractivity (Wildman–Crippen MR) is 156 cm³/mol. The summed E-state index contributed by atoms with van der Waals surface area (Å²) in [6, 6.07) is 0. The molecule has 0 saturated heterocycles. The third-order valence-electron chi connectivity index (χ3n) is 5.28. The Morgan fingerprint density at radius 3 is 1.61 bits per heavy atom. The van der Waals surface area contributed by atoms with Gasteiger partial charge in [-0.15, -0.1) is 0 Å². The van der Waals surface area contributed by atoms with Gasteiger partial charge in [0.05, 0.1) is 34.3 Å². The molecule has 12 nitrogen and oxygen atoms in total. The number of carbonyl (C=O) groups is 4. The van der Waals surface area contributed by atoms with E-state index in [0.717, 1.165) is 9.80 Å². The van der Waals surface area contributed by atoms with E-state index in [0.29, 0.717) is 12.8 Å². The number of likely N-dealkylation sites (N-methyl/N-ethyl adjacent to an activating group) is 1. The fraction of sp³-hybridized carbons (Fsp3) is 0.524. The van der Waals surface area contributed by atoms with E-state index in [4.69, 9.17) is 5.11 Å². The maximum atomic E-state index is 13.6. The number of hydrogen-bond donors (Lipinski definition) is 5. The number of nitrogens with zero attached hydrogens (tertiary/aromatic N) is 3. The quantitative estimate of drug-likeness (QED) is 0.212. The van der Waals surface area contributed by atoms with E-state index in [-0.39, 0.29) is 20.7 Å². The molecule has 1 aromatic carbocycles. The fourth-order valence-corrected chi connectivity index (χ4v) is 8.07. The zero-order valence-electron chi connectivity index (χ0n) is 20.1. The number of anilines is 2. The third kappa shape index (κ3) is 7.23. The van der Waals surface area contributed by atoms with Gasteiger partial charge in [0, 0.05) is 41.4 Å². The summed E-state index contributed by atoms with van der Waals surface area (Å²) in [7, 11) is 2.80. The molecule has 36 heavy (non-hydrogen) atoms. The molecule has 0 radical (unpaired) electrons. The Labute approximate surface area is 249 Å². The Hall–Kier alpha value is -0.710. The van der Waals surface area contributed by atoms with Crippen molar-refractivity contribution in [2.24, 2.45) is 0 Å². The minimum Gasteiger partial charge on any atom is -0.394 e. The van der Waals surface area contributed by atoms with Crippen LogP contribution in [0.1, 0.15) is 31.1 Å². The van der Waals surface area contributed by atoms with E-state index in [1.807, 2.05) is 67.8 Å². The number of imide groups is 1. The van der Waals surface area contributed by atoms with Crippen LogP contribution >= 0.6 is 67.8 Å². The lowest BCUT2D eigenvalue weighted by Gasteiger charge is -2.31. The Morgan fingerprint density at radius 2 is 1.19 bits per heavy atom. The first-order valence-electron chi connectivity index (χ1n) is 10.4. The first-order chi connectivity index (χ1) is 16.5. The highest BCUT2D eigenvalue weighted by atomic mass is 127. The van der Waals surface area contributed by atoms with Gasteiger partial charge < -0.3 is 35.3 Å². The summed E-state index contributed by atoms with van der Waals surface area (Å²) in [5.41, 5.74) is 0.464. The van der Waals surface area contributed by atoms with Gasteiger partial charge in [-0.25, -0.2) is 4.90 Å². The first kappa shape index (κ1) is 33.3. The highest BCUT2D eigenvalue weighted by molar-refractivity contribution is 14.1. The summed E-state index contributed by atoms with van der Waals surface area (Å²) < 4.78 is 0.980. The molecule has 0 aliphatic rings. The Morgan fingerprint density at radius 1 is 0.750 bits per heavy atom. The average Bonchev–Trinajstić information content (AvgIpc) is 2.78. The van der Waals surface area contributed by atoms with Crippen LogP contribution in [-0.4, -0.2) is 106 Å². The van der Waals surface area contributed by atoms with Gasteiger partial charge in [0.1, 0.15) is 24.4 Å². The van der Waals surface area contributed by atoms with E-state index in [1.165, 1.54) is 39.8 Å². The molecule has 1 aromatic rings. The number of aliphatic hydroxyl groups excluding tert-OH is 5. The lowest BCUT2D eigenvalue weighted by molar-refractivity contribution is -0.124. The van der Waals surface area contributed by atoms with Crippen LogP contribution < -0.4 is 9.80 Å². The van der Waals surface area contributed by atoms with Crippen LogP contribution in [0.5, 0.6) is 0 Å². The highest BCUT2D eigenvalue weighted by Crippen LogP contribution is 2.42. The molecular weight excluding hydrogens is 819 g/mol. The van der Waals surface area contributed by atoms with Crippen molar-refractivity contribution < 1.29 is 44.7 Å². The monoisotopic (exact) mass is 847 g/mol. The van der Waals surface area contributed by atoms with E-state index in [2.05, 4.69) is 0 Å². The zero-order valence-corrected chi connectivity index (χ0v) is 26.5. The summed E-state index contributed by atoms with van der Waals surface area (Å²) >= 11 is 5.62. The third-order valence-corrected chi connectivity index (χ3v) is 8.40. The molecule has 0 unspecified atom stereocenters. The lowest BCUT2D eigenvalue weighted by atomic mass is 10.0. The normalized spacial score (nSPS) is 14.5. The minimum atomic E-state index is -1.88. The van der Waals surface area contributed by atoms with Crippen LogP contribution in [0.15, 0.2) is 0 Å². The highest BCUT2D eigenvalue weighted by Gasteiger charge is 2.35. The Kier molecular flexibility index (Phi) is 12.9. The van der Waals surface area contributed by atoms with E-state index >= 15 is 0 Å². The number of aliphatic hydroxyl groups is 5. The standard InChI is InChI=1S/C21H28I3N3O9/c1-8(29)26(5)17-14(22)13(15(23)18(16(17)24)27(9(2)30)10(3)31)21(36)25(4)6-11(32)19(34)20(35)12(33)7-28/h11-12,19-20,28,32-35H,6-7H2,1-5H3/t11-,12+,19+,20+/m0/s1. The van der Waals surface area contributed by atoms with Gasteiger partial charge >= 0.3 is 0 Å². The summed E-state index contributed by atoms with van der Waals surface area (Å²) in [6.45, 7) is 2.37. The van der Waals surface area contributed by atoms with Gasteiger partial charge in [-0.3, -0.25) is 19.2 Å². The van der Waals surface area contributed by atoms with Crippen molar-refractivity contribution in [3.8, 4) is 0 Å². The molecule has 0 bridgehead atoms. The number of carbonyl (C=O) groups excluding carboxylic acids is 4. The average molecular weight is 847 g/mol. The molecule has 1 rings (SSSR count). The maximum Gasteiger partial charge on any atom is 0.256 e. The molecule has 0 aliphatic carbocycles. The molecule has 4 atom stereocenters. The lowest BCUT2D eigenvalue weighted by Crippen LogP contribution is -2.50. The van der Waals surface area contributed by atoms with Crippen LogP contribution in [0, 0.1) is 10.7 Å². The van der Waals surface area contributed by atoms with Gasteiger partial charge in [0.2, 0.25) is 17.7 Å². The number of halogens is 3. The minimum absolute atomic E-state index is 0.0438. The number of hydrogen-bond acceptors (Lipinski definition) is 9. The van der Waals surface area contributed by atoms with Gasteiger partial charge in [0.15, 0.2) is 0 Å². The zero-order chi connectivity index (χ0) is 28.2. The van der Waals surface area contributed by atoms with Crippen molar-refractivity contribution in [3.05, 3.63) is 16.3 Å². The molecule has 4 amide bonds. The second-order valence-corrected chi connectivity index (χ2v) is 11.2. The van der Waals surface area contributed by atoms with E-state index < -0.39 is 55.3 Å². The van der Waals surface area contributed by atoms with Crippen LogP contribution in [0.3, 0.4) is 0 Å². The van der Waals surface area contributed by atoms with Gasteiger partial charge in [-0.1, -0.05) is 0 Å². The van der Waals surface area contributed by atoms with Crippen molar-refractivity contribution >= 4 is 103 Å². The molecule has 0 aromatic heterocycles. The smallest absolute Gasteiger partial charge is 0.256 e. The van der Waals surface area contributed by atoms with Crippen LogP contribution in [0.25, 0.3) is 0 Å². The molecular formula is C21H28I3N3O9. The van der Waals surface area contributed by atoms with Gasteiger partial charge in [-0.2, -0.15) is 0 Å². The number of rotatable bonds is 9. The van der Waals surface area contributed by atoms with E-state index in [1.54, 1.807) is 0 Å². The van der Waals surface area contributed by atoms with Crippen LogP contribution in [-0.2, 0) is 14.4 Å². The topological polar surface area (TPSA) is 179 Å². The van der Waals surface area contributed by atoms with Crippen LogP contribution in [0.2, 0.25) is 0 Å². The molecule has 0 heterocycles. The largest absolute Gasteiger partial charge is 0.394 e. The summed E-state index contributed by atoms with van der Waals surface area (Å²) in [6.07, 6.45) is -7.14. The summed E-state index contributed by atoms with van der Waals surface area (Å²) in [5, 5.41) is 48.8. The van der Waals surface area contributed by atoms with Crippen molar-refractivity contribution in [1.29, 1.82) is 0 Å². The fourth-order valence-electron chi connectivity index (χ4n) is 3.24. The van der Waals surface area contributed by atoms with Gasteiger partial charge in [-0.05, 0) is 67.8 Å². The maximum absolute atomic E-state index is 13.6. The molecule has 0 saturated carbocycles. The van der Waals surface area contributed by atoms with E-state index in [9.17, 15) is 39.6 Å². The van der Waals surface area contributed by atoms with Crippen molar-refractivity contribution in [3.63, 3.8) is 0 Å². The molecule has 0 spiro atoms. The molecule has 15 heteroatoms. The summed E-state index contributed by atoms with van der Waals surface area (Å²) in [4.78, 5) is 53.7.